The highest BCUT2D eigenvalue weighted by Gasteiger charge is 2.19. The molecule has 0 bridgehead atoms. The van der Waals surface area contributed by atoms with Crippen molar-refractivity contribution in [2.75, 3.05) is 113 Å². The van der Waals surface area contributed by atoms with Crippen molar-refractivity contribution < 1.29 is 47.1 Å². The van der Waals surface area contributed by atoms with Crippen LogP contribution in [-0.4, -0.2) is 129 Å². The van der Waals surface area contributed by atoms with Gasteiger partial charge < -0.3 is 42.8 Å². The van der Waals surface area contributed by atoms with E-state index in [0.29, 0.717) is 92.4 Å². The minimum absolute atomic E-state index is 0.112. The van der Waals surface area contributed by atoms with Crippen LogP contribution in [0.25, 0.3) is 0 Å². The average molecular weight is 486 g/mol. The molecule has 0 aromatic heterocycles. The van der Waals surface area contributed by atoms with E-state index in [2.05, 4.69) is 0 Å². The first-order valence-corrected chi connectivity index (χ1v) is 11.4. The second kappa shape index (κ2) is 22.7. The molecule has 0 saturated heterocycles. The van der Waals surface area contributed by atoms with Gasteiger partial charge in [-0.15, -0.1) is 0 Å². The number of alkyl halides is 1. The zero-order chi connectivity index (χ0) is 24.6. The molecule has 0 unspecified atom stereocenters. The third-order valence-electron chi connectivity index (χ3n) is 3.73. The number of ether oxygens (including phenoxy) is 8. The van der Waals surface area contributed by atoms with Crippen LogP contribution in [0.2, 0.25) is 0 Å². The van der Waals surface area contributed by atoms with Gasteiger partial charge in [-0.25, -0.2) is 9.18 Å². The maximum Gasteiger partial charge on any atom is 0.410 e. The van der Waals surface area contributed by atoms with E-state index in [-0.39, 0.29) is 12.7 Å². The first-order chi connectivity index (χ1) is 15.9. The number of nitrogens with zero attached hydrogens (tertiary/aromatic N) is 1. The van der Waals surface area contributed by atoms with E-state index < -0.39 is 12.3 Å². The van der Waals surface area contributed by atoms with E-state index in [9.17, 15) is 9.18 Å². The lowest BCUT2D eigenvalue weighted by molar-refractivity contribution is -0.0215. The molecule has 0 atom stereocenters. The molecular weight excluding hydrogens is 441 g/mol. The molecule has 1 amide bonds. The third-order valence-corrected chi connectivity index (χ3v) is 3.73. The van der Waals surface area contributed by atoms with Crippen LogP contribution in [-0.2, 0) is 37.9 Å². The molecule has 10 nitrogen and oxygen atoms in total. The molecule has 0 spiro atoms. The number of rotatable bonds is 23. The van der Waals surface area contributed by atoms with E-state index in [0.717, 1.165) is 0 Å². The number of carbonyl (C=O) groups is 1. The van der Waals surface area contributed by atoms with Gasteiger partial charge in [0.1, 0.15) is 12.3 Å². The monoisotopic (exact) mass is 485 g/mol. The SMILES string of the molecule is CN(CCOCCOCCOCCOCCOCCOCCOCCF)C(=O)OC(C)(C)C. The van der Waals surface area contributed by atoms with Gasteiger partial charge in [0.2, 0.25) is 0 Å². The summed E-state index contributed by atoms with van der Waals surface area (Å²) in [6, 6.07) is 0. The summed E-state index contributed by atoms with van der Waals surface area (Å²) in [5.74, 6) is 0. The van der Waals surface area contributed by atoms with Crippen LogP contribution >= 0.6 is 0 Å². The van der Waals surface area contributed by atoms with Crippen LogP contribution < -0.4 is 0 Å². The van der Waals surface area contributed by atoms with Crippen molar-refractivity contribution in [2.45, 2.75) is 26.4 Å². The highest BCUT2D eigenvalue weighted by atomic mass is 19.1. The van der Waals surface area contributed by atoms with E-state index >= 15 is 0 Å². The first-order valence-electron chi connectivity index (χ1n) is 11.4. The molecule has 0 N–H and O–H groups in total. The maximum atomic E-state index is 11.8. The lowest BCUT2D eigenvalue weighted by Crippen LogP contribution is -2.36. The lowest BCUT2D eigenvalue weighted by atomic mass is 10.2. The van der Waals surface area contributed by atoms with Crippen molar-refractivity contribution in [3.63, 3.8) is 0 Å². The largest absolute Gasteiger partial charge is 0.444 e. The summed E-state index contributed by atoms with van der Waals surface area (Å²) in [5.41, 5.74) is -0.506. The van der Waals surface area contributed by atoms with Crippen molar-refractivity contribution in [1.82, 2.24) is 4.90 Å². The molecule has 0 rings (SSSR count). The van der Waals surface area contributed by atoms with Crippen LogP contribution in [0.15, 0.2) is 0 Å². The summed E-state index contributed by atoms with van der Waals surface area (Å²) in [4.78, 5) is 13.3. The Hall–Kier alpha value is -1.08. The molecule has 0 heterocycles. The maximum absolute atomic E-state index is 11.8. The van der Waals surface area contributed by atoms with Crippen molar-refractivity contribution in [1.29, 1.82) is 0 Å². The van der Waals surface area contributed by atoms with Gasteiger partial charge in [0.25, 0.3) is 0 Å². The second-order valence-electron chi connectivity index (χ2n) is 7.88. The number of carbonyl (C=O) groups excluding carboxylic acids is 1. The molecule has 0 aromatic carbocycles. The summed E-state index contributed by atoms with van der Waals surface area (Å²) in [5, 5.41) is 0. The first kappa shape index (κ1) is 31.9. The molecule has 198 valence electrons. The standard InChI is InChI=1S/C22H44FNO9/c1-22(2,3)33-21(25)24(4)6-8-27-10-12-29-14-16-31-18-20-32-19-17-30-15-13-28-11-9-26-7-5-23/h5-20H2,1-4H3. The number of hydrogen-bond donors (Lipinski definition) is 0. The van der Waals surface area contributed by atoms with Gasteiger partial charge in [-0.05, 0) is 20.8 Å². The Balaban J connectivity index is 3.19. The predicted octanol–water partition coefficient (Wildman–Crippen LogP) is 1.94. The molecule has 11 heteroatoms. The van der Waals surface area contributed by atoms with Crippen molar-refractivity contribution in [3.8, 4) is 0 Å². The molecule has 0 aliphatic rings. The highest BCUT2D eigenvalue weighted by molar-refractivity contribution is 5.67. The van der Waals surface area contributed by atoms with Crippen LogP contribution in [0.1, 0.15) is 20.8 Å². The Morgan fingerprint density at radius 2 is 0.909 bits per heavy atom. The van der Waals surface area contributed by atoms with E-state index in [1.165, 1.54) is 4.90 Å². The molecule has 33 heavy (non-hydrogen) atoms. The summed E-state index contributed by atoms with van der Waals surface area (Å²) >= 11 is 0. The van der Waals surface area contributed by atoms with Gasteiger partial charge in [0.05, 0.1) is 92.5 Å². The molecule has 0 radical (unpaired) electrons. The lowest BCUT2D eigenvalue weighted by Gasteiger charge is -2.24. The molecule has 0 aliphatic heterocycles. The second-order valence-corrected chi connectivity index (χ2v) is 7.88. The normalized spacial score (nSPS) is 11.7. The van der Waals surface area contributed by atoms with Crippen LogP contribution in [0.5, 0.6) is 0 Å². The van der Waals surface area contributed by atoms with Crippen molar-refractivity contribution >= 4 is 6.09 Å². The molecule has 0 aromatic rings. The molecule has 0 aliphatic carbocycles. The Morgan fingerprint density at radius 1 is 0.606 bits per heavy atom. The van der Waals surface area contributed by atoms with Gasteiger partial charge in [0.15, 0.2) is 0 Å². The van der Waals surface area contributed by atoms with Crippen LogP contribution in [0.3, 0.4) is 0 Å². The topological polar surface area (TPSA) is 94.2 Å². The van der Waals surface area contributed by atoms with Gasteiger partial charge >= 0.3 is 6.09 Å². The summed E-state index contributed by atoms with van der Waals surface area (Å²) in [7, 11) is 1.68. The Labute approximate surface area is 197 Å². The van der Waals surface area contributed by atoms with Crippen molar-refractivity contribution in [3.05, 3.63) is 0 Å². The molecule has 0 saturated carbocycles. The fourth-order valence-electron chi connectivity index (χ4n) is 2.11. The average Bonchev–Trinajstić information content (AvgIpc) is 2.76. The summed E-state index contributed by atoms with van der Waals surface area (Å²) < 4.78 is 54.3. The number of likely N-dealkylation sites (N-methyl/N-ethyl adjacent to an activating group) is 1. The zero-order valence-corrected chi connectivity index (χ0v) is 20.8. The molecular formula is C22H44FNO9. The smallest absolute Gasteiger partial charge is 0.410 e. The number of halogens is 1. The van der Waals surface area contributed by atoms with Gasteiger partial charge in [-0.1, -0.05) is 0 Å². The third kappa shape index (κ3) is 25.4. The van der Waals surface area contributed by atoms with Crippen LogP contribution in [0, 0.1) is 0 Å². The van der Waals surface area contributed by atoms with Crippen molar-refractivity contribution in [2.24, 2.45) is 0 Å². The fraction of sp³-hybridized carbons (Fsp3) is 0.955. The fourth-order valence-corrected chi connectivity index (χ4v) is 2.11. The quantitative estimate of drug-likeness (QED) is 0.201. The van der Waals surface area contributed by atoms with Crippen LogP contribution in [0.4, 0.5) is 9.18 Å². The van der Waals surface area contributed by atoms with Gasteiger partial charge in [-0.2, -0.15) is 0 Å². The number of amides is 1. The highest BCUT2D eigenvalue weighted by Crippen LogP contribution is 2.08. The summed E-state index contributed by atoms with van der Waals surface area (Å²) in [6.45, 7) is 11.6. The predicted molar refractivity (Wildman–Crippen MR) is 121 cm³/mol. The van der Waals surface area contributed by atoms with Gasteiger partial charge in [0, 0.05) is 13.6 Å². The minimum Gasteiger partial charge on any atom is -0.444 e. The Bertz CT molecular complexity index is 439. The van der Waals surface area contributed by atoms with E-state index in [1.807, 2.05) is 20.8 Å². The Kier molecular flexibility index (Phi) is 22.0. The van der Waals surface area contributed by atoms with E-state index in [4.69, 9.17) is 37.9 Å². The zero-order valence-electron chi connectivity index (χ0n) is 20.8. The molecule has 0 fully saturated rings. The number of hydrogen-bond acceptors (Lipinski definition) is 9. The Morgan fingerprint density at radius 3 is 1.21 bits per heavy atom. The minimum atomic E-state index is -0.506. The van der Waals surface area contributed by atoms with Gasteiger partial charge in [-0.3, -0.25) is 0 Å². The van der Waals surface area contributed by atoms with E-state index in [1.54, 1.807) is 7.05 Å². The summed E-state index contributed by atoms with van der Waals surface area (Å²) in [6.07, 6.45) is -0.365.